The maximum absolute atomic E-state index is 2.50. The molecule has 0 aliphatic carbocycles. The van der Waals surface area contributed by atoms with Crippen molar-refractivity contribution in [1.29, 1.82) is 0 Å². The molecule has 1 aliphatic heterocycles. The van der Waals surface area contributed by atoms with E-state index >= 15 is 0 Å². The average molecular weight is 218 g/mol. The first-order valence-corrected chi connectivity index (χ1v) is 6.18. The molecule has 0 radical (unpaired) electrons. The van der Waals surface area contributed by atoms with E-state index in [0.717, 1.165) is 12.6 Å². The second-order valence-electron chi connectivity index (χ2n) is 4.94. The van der Waals surface area contributed by atoms with Gasteiger partial charge in [-0.3, -0.25) is 4.90 Å². The number of likely N-dealkylation sites (tertiary alicyclic amines) is 1. The van der Waals surface area contributed by atoms with E-state index in [2.05, 4.69) is 54.2 Å². The SMILES string of the molecule is CN1CCC(N(C)Cc2ccccc2)CC1. The zero-order valence-corrected chi connectivity index (χ0v) is 10.4. The standard InChI is InChI=1S/C14H22N2/c1-15-10-8-14(9-11-15)16(2)12-13-6-4-3-5-7-13/h3-7,14H,8-12H2,1-2H3. The number of nitrogens with zero attached hydrogens (tertiary/aromatic N) is 2. The summed E-state index contributed by atoms with van der Waals surface area (Å²) in [6, 6.07) is 11.5. The summed E-state index contributed by atoms with van der Waals surface area (Å²) in [6.45, 7) is 3.56. The van der Waals surface area contributed by atoms with Gasteiger partial charge in [0.15, 0.2) is 0 Å². The molecule has 1 heterocycles. The Morgan fingerprint density at radius 2 is 1.81 bits per heavy atom. The van der Waals surface area contributed by atoms with Crippen molar-refractivity contribution in [2.75, 3.05) is 27.2 Å². The van der Waals surface area contributed by atoms with Crippen molar-refractivity contribution in [3.63, 3.8) is 0 Å². The molecule has 0 unspecified atom stereocenters. The fraction of sp³-hybridized carbons (Fsp3) is 0.571. The van der Waals surface area contributed by atoms with E-state index in [4.69, 9.17) is 0 Å². The maximum atomic E-state index is 2.50. The van der Waals surface area contributed by atoms with E-state index in [1.165, 1.54) is 31.5 Å². The summed E-state index contributed by atoms with van der Waals surface area (Å²) < 4.78 is 0. The molecule has 1 aromatic carbocycles. The monoisotopic (exact) mass is 218 g/mol. The van der Waals surface area contributed by atoms with Crippen molar-refractivity contribution >= 4 is 0 Å². The molecule has 0 aromatic heterocycles. The molecular weight excluding hydrogens is 196 g/mol. The molecule has 2 heteroatoms. The topological polar surface area (TPSA) is 6.48 Å². The summed E-state index contributed by atoms with van der Waals surface area (Å²) >= 11 is 0. The van der Waals surface area contributed by atoms with Gasteiger partial charge in [-0.05, 0) is 45.6 Å². The molecule has 1 aromatic rings. The summed E-state index contributed by atoms with van der Waals surface area (Å²) in [4.78, 5) is 4.93. The van der Waals surface area contributed by atoms with E-state index in [1.807, 2.05) is 0 Å². The molecular formula is C14H22N2. The molecule has 0 amide bonds. The Kier molecular flexibility index (Phi) is 3.97. The van der Waals surface area contributed by atoms with E-state index in [0.29, 0.717) is 0 Å². The highest BCUT2D eigenvalue weighted by molar-refractivity contribution is 5.14. The Morgan fingerprint density at radius 3 is 2.44 bits per heavy atom. The first-order chi connectivity index (χ1) is 7.75. The van der Waals surface area contributed by atoms with Crippen LogP contribution in [0.4, 0.5) is 0 Å². The summed E-state index contributed by atoms with van der Waals surface area (Å²) in [5, 5.41) is 0. The Labute approximate surface area is 98.9 Å². The third kappa shape index (κ3) is 3.06. The minimum atomic E-state index is 0.761. The molecule has 1 aliphatic rings. The predicted octanol–water partition coefficient (Wildman–Crippen LogP) is 2.21. The number of rotatable bonds is 3. The van der Waals surface area contributed by atoms with E-state index < -0.39 is 0 Å². The third-order valence-electron chi connectivity index (χ3n) is 3.59. The van der Waals surface area contributed by atoms with Gasteiger partial charge in [0, 0.05) is 12.6 Å². The first-order valence-electron chi connectivity index (χ1n) is 6.18. The Bertz CT molecular complexity index is 302. The maximum Gasteiger partial charge on any atom is 0.0233 e. The van der Waals surface area contributed by atoms with Gasteiger partial charge in [0.05, 0.1) is 0 Å². The number of hydrogen-bond acceptors (Lipinski definition) is 2. The Hall–Kier alpha value is -0.860. The van der Waals surface area contributed by atoms with Crippen LogP contribution in [0.25, 0.3) is 0 Å². The van der Waals surface area contributed by atoms with Crippen LogP contribution in [-0.4, -0.2) is 43.0 Å². The smallest absolute Gasteiger partial charge is 0.0233 e. The summed E-state index contributed by atoms with van der Waals surface area (Å²) in [5.74, 6) is 0. The summed E-state index contributed by atoms with van der Waals surface area (Å²) in [6.07, 6.45) is 2.61. The minimum Gasteiger partial charge on any atom is -0.306 e. The van der Waals surface area contributed by atoms with Gasteiger partial charge in [-0.25, -0.2) is 0 Å². The molecule has 0 N–H and O–H groups in total. The summed E-state index contributed by atoms with van der Waals surface area (Å²) in [7, 11) is 4.47. The zero-order valence-electron chi connectivity index (χ0n) is 10.4. The van der Waals surface area contributed by atoms with Gasteiger partial charge in [0.2, 0.25) is 0 Å². The largest absolute Gasteiger partial charge is 0.306 e. The number of hydrogen-bond donors (Lipinski definition) is 0. The highest BCUT2D eigenvalue weighted by Gasteiger charge is 2.20. The lowest BCUT2D eigenvalue weighted by molar-refractivity contribution is 0.139. The van der Waals surface area contributed by atoms with E-state index in [-0.39, 0.29) is 0 Å². The lowest BCUT2D eigenvalue weighted by Crippen LogP contribution is -2.41. The van der Waals surface area contributed by atoms with Crippen molar-refractivity contribution in [2.24, 2.45) is 0 Å². The third-order valence-corrected chi connectivity index (χ3v) is 3.59. The summed E-state index contributed by atoms with van der Waals surface area (Å²) in [5.41, 5.74) is 1.42. The first kappa shape index (κ1) is 11.6. The number of benzene rings is 1. The molecule has 2 nitrogen and oxygen atoms in total. The van der Waals surface area contributed by atoms with Crippen molar-refractivity contribution < 1.29 is 0 Å². The fourth-order valence-electron chi connectivity index (χ4n) is 2.44. The second-order valence-corrected chi connectivity index (χ2v) is 4.94. The molecule has 0 bridgehead atoms. The molecule has 88 valence electrons. The van der Waals surface area contributed by atoms with Crippen molar-refractivity contribution in [3.8, 4) is 0 Å². The van der Waals surface area contributed by atoms with Crippen LogP contribution >= 0.6 is 0 Å². The normalized spacial score (nSPS) is 19.2. The van der Waals surface area contributed by atoms with Gasteiger partial charge in [0.1, 0.15) is 0 Å². The zero-order chi connectivity index (χ0) is 11.4. The average Bonchev–Trinajstić information content (AvgIpc) is 2.31. The number of piperidine rings is 1. The molecule has 2 rings (SSSR count). The van der Waals surface area contributed by atoms with Gasteiger partial charge < -0.3 is 4.90 Å². The Morgan fingerprint density at radius 1 is 1.19 bits per heavy atom. The van der Waals surface area contributed by atoms with Crippen LogP contribution < -0.4 is 0 Å². The van der Waals surface area contributed by atoms with Crippen molar-refractivity contribution in [1.82, 2.24) is 9.80 Å². The lowest BCUT2D eigenvalue weighted by atomic mass is 10.0. The van der Waals surface area contributed by atoms with Crippen LogP contribution in [0.3, 0.4) is 0 Å². The van der Waals surface area contributed by atoms with Crippen LogP contribution in [0.5, 0.6) is 0 Å². The van der Waals surface area contributed by atoms with E-state index in [1.54, 1.807) is 0 Å². The Balaban J connectivity index is 1.86. The van der Waals surface area contributed by atoms with Crippen LogP contribution in [0.2, 0.25) is 0 Å². The van der Waals surface area contributed by atoms with Crippen LogP contribution in [-0.2, 0) is 6.54 Å². The molecule has 0 saturated carbocycles. The van der Waals surface area contributed by atoms with Gasteiger partial charge in [-0.1, -0.05) is 30.3 Å². The molecule has 1 saturated heterocycles. The fourth-order valence-corrected chi connectivity index (χ4v) is 2.44. The molecule has 1 fully saturated rings. The highest BCUT2D eigenvalue weighted by atomic mass is 15.2. The highest BCUT2D eigenvalue weighted by Crippen LogP contribution is 2.16. The van der Waals surface area contributed by atoms with Crippen LogP contribution in [0.1, 0.15) is 18.4 Å². The predicted molar refractivity (Wildman–Crippen MR) is 68.4 cm³/mol. The van der Waals surface area contributed by atoms with Gasteiger partial charge >= 0.3 is 0 Å². The van der Waals surface area contributed by atoms with Gasteiger partial charge in [0.25, 0.3) is 0 Å². The second kappa shape index (κ2) is 5.46. The van der Waals surface area contributed by atoms with Crippen LogP contribution in [0, 0.1) is 0 Å². The van der Waals surface area contributed by atoms with Crippen molar-refractivity contribution in [2.45, 2.75) is 25.4 Å². The quantitative estimate of drug-likeness (QED) is 0.767. The van der Waals surface area contributed by atoms with Crippen molar-refractivity contribution in [3.05, 3.63) is 35.9 Å². The van der Waals surface area contributed by atoms with Gasteiger partial charge in [-0.15, -0.1) is 0 Å². The molecule has 0 spiro atoms. The minimum absolute atomic E-state index is 0.761. The van der Waals surface area contributed by atoms with E-state index in [9.17, 15) is 0 Å². The molecule has 0 atom stereocenters. The van der Waals surface area contributed by atoms with Crippen LogP contribution in [0.15, 0.2) is 30.3 Å². The lowest BCUT2D eigenvalue weighted by Gasteiger charge is -2.35. The molecule has 16 heavy (non-hydrogen) atoms. The van der Waals surface area contributed by atoms with Gasteiger partial charge in [-0.2, -0.15) is 0 Å².